The van der Waals surface area contributed by atoms with Crippen LogP contribution >= 0.6 is 0 Å². The van der Waals surface area contributed by atoms with Crippen molar-refractivity contribution in [3.05, 3.63) is 77.9 Å². The molecular formula is C28H35N3O4S. The predicted molar refractivity (Wildman–Crippen MR) is 143 cm³/mol. The van der Waals surface area contributed by atoms with E-state index in [4.69, 9.17) is 0 Å². The van der Waals surface area contributed by atoms with Gasteiger partial charge in [-0.3, -0.25) is 9.59 Å². The van der Waals surface area contributed by atoms with E-state index >= 15 is 0 Å². The molecule has 0 aliphatic rings. The number of carbonyl (C=O) groups excluding carboxylic acids is 2. The van der Waals surface area contributed by atoms with Crippen molar-refractivity contribution in [2.75, 3.05) is 20.1 Å². The van der Waals surface area contributed by atoms with Crippen molar-refractivity contribution >= 4 is 32.6 Å². The van der Waals surface area contributed by atoms with Crippen LogP contribution in [0.2, 0.25) is 0 Å². The summed E-state index contributed by atoms with van der Waals surface area (Å²) in [6, 6.07) is 19.4. The summed E-state index contributed by atoms with van der Waals surface area (Å²) < 4.78 is 27.7. The Bertz CT molecular complexity index is 1320. The largest absolute Gasteiger partial charge is 0.354 e. The summed E-state index contributed by atoms with van der Waals surface area (Å²) in [5, 5.41) is 4.62. The van der Waals surface area contributed by atoms with Gasteiger partial charge in [0.2, 0.25) is 21.8 Å². The van der Waals surface area contributed by atoms with Crippen LogP contribution in [0.25, 0.3) is 10.8 Å². The Morgan fingerprint density at radius 1 is 0.944 bits per heavy atom. The fourth-order valence-electron chi connectivity index (χ4n) is 4.13. The van der Waals surface area contributed by atoms with Crippen LogP contribution in [0.4, 0.5) is 0 Å². The number of aryl methyl sites for hydroxylation is 1. The lowest BCUT2D eigenvalue weighted by atomic mass is 10.1. The molecule has 0 aliphatic heterocycles. The fraction of sp³-hybridized carbons (Fsp3) is 0.357. The molecule has 0 radical (unpaired) electrons. The van der Waals surface area contributed by atoms with Gasteiger partial charge in [-0.05, 0) is 53.8 Å². The highest BCUT2D eigenvalue weighted by molar-refractivity contribution is 7.89. The molecular weight excluding hydrogens is 474 g/mol. The van der Waals surface area contributed by atoms with E-state index in [1.165, 1.54) is 11.9 Å². The topological polar surface area (TPSA) is 86.8 Å². The van der Waals surface area contributed by atoms with Gasteiger partial charge >= 0.3 is 0 Å². The van der Waals surface area contributed by atoms with Gasteiger partial charge in [-0.25, -0.2) is 8.42 Å². The highest BCUT2D eigenvalue weighted by atomic mass is 32.2. The molecule has 7 nitrogen and oxygen atoms in total. The third-order valence-electron chi connectivity index (χ3n) is 6.32. The van der Waals surface area contributed by atoms with Crippen molar-refractivity contribution in [1.29, 1.82) is 0 Å². The molecule has 0 aliphatic carbocycles. The first-order chi connectivity index (χ1) is 17.2. The number of hydrogen-bond donors (Lipinski definition) is 1. The Kier molecular flexibility index (Phi) is 9.23. The zero-order chi connectivity index (χ0) is 26.3. The zero-order valence-corrected chi connectivity index (χ0v) is 22.2. The first-order valence-corrected chi connectivity index (χ1v) is 13.7. The highest BCUT2D eigenvalue weighted by Crippen LogP contribution is 2.22. The van der Waals surface area contributed by atoms with Crippen molar-refractivity contribution in [3.63, 3.8) is 0 Å². The van der Waals surface area contributed by atoms with Crippen molar-refractivity contribution in [3.8, 4) is 0 Å². The molecule has 36 heavy (non-hydrogen) atoms. The van der Waals surface area contributed by atoms with Gasteiger partial charge in [0.25, 0.3) is 0 Å². The maximum absolute atomic E-state index is 13.6. The summed E-state index contributed by atoms with van der Waals surface area (Å²) in [5.41, 5.74) is 1.91. The van der Waals surface area contributed by atoms with E-state index in [2.05, 4.69) is 5.32 Å². The molecule has 1 N–H and O–H groups in total. The molecule has 0 saturated carbocycles. The van der Waals surface area contributed by atoms with Crippen LogP contribution in [0.15, 0.2) is 71.6 Å². The molecule has 3 aromatic carbocycles. The maximum atomic E-state index is 13.6. The second kappa shape index (κ2) is 12.1. The van der Waals surface area contributed by atoms with Crippen molar-refractivity contribution in [2.45, 2.75) is 51.1 Å². The number of fused-ring (bicyclic) bond motifs is 1. The number of benzene rings is 3. The number of rotatable bonds is 11. The van der Waals surface area contributed by atoms with Crippen LogP contribution in [0.3, 0.4) is 0 Å². The number of nitrogens with zero attached hydrogens (tertiary/aromatic N) is 2. The lowest BCUT2D eigenvalue weighted by molar-refractivity contribution is -0.141. The number of amides is 2. The minimum Gasteiger partial charge on any atom is -0.354 e. The minimum absolute atomic E-state index is 0.120. The summed E-state index contributed by atoms with van der Waals surface area (Å²) >= 11 is 0. The average Bonchev–Trinajstić information content (AvgIpc) is 2.87. The average molecular weight is 510 g/mol. The van der Waals surface area contributed by atoms with E-state index in [0.717, 1.165) is 32.6 Å². The summed E-state index contributed by atoms with van der Waals surface area (Å²) in [6.45, 7) is 6.12. The molecule has 0 spiro atoms. The smallest absolute Gasteiger partial charge is 0.243 e. The Hall–Kier alpha value is -3.23. The number of hydrogen-bond acceptors (Lipinski definition) is 4. The van der Waals surface area contributed by atoms with Crippen LogP contribution in [0, 0.1) is 6.92 Å². The number of likely N-dealkylation sites (N-methyl/N-ethyl adjacent to an activating group) is 1. The van der Waals surface area contributed by atoms with E-state index in [1.807, 2.05) is 69.3 Å². The molecule has 192 valence electrons. The monoisotopic (exact) mass is 509 g/mol. The Morgan fingerprint density at radius 3 is 2.28 bits per heavy atom. The minimum atomic E-state index is -3.92. The van der Waals surface area contributed by atoms with Gasteiger partial charge in [0.15, 0.2) is 0 Å². The number of carbonyl (C=O) groups is 2. The van der Waals surface area contributed by atoms with Gasteiger partial charge < -0.3 is 10.2 Å². The lowest BCUT2D eigenvalue weighted by Gasteiger charge is -2.32. The van der Waals surface area contributed by atoms with E-state index in [0.29, 0.717) is 13.0 Å². The van der Waals surface area contributed by atoms with Gasteiger partial charge in [0, 0.05) is 20.1 Å². The van der Waals surface area contributed by atoms with E-state index in [1.54, 1.807) is 18.2 Å². The number of sulfonamides is 1. The van der Waals surface area contributed by atoms with Gasteiger partial charge in [-0.2, -0.15) is 4.31 Å². The second-order valence-electron chi connectivity index (χ2n) is 8.93. The van der Waals surface area contributed by atoms with E-state index in [9.17, 15) is 18.0 Å². The normalized spacial score (nSPS) is 12.5. The molecule has 0 bridgehead atoms. The molecule has 2 amide bonds. The molecule has 0 saturated heterocycles. The van der Waals surface area contributed by atoms with Crippen LogP contribution in [-0.4, -0.2) is 55.6 Å². The van der Waals surface area contributed by atoms with Crippen LogP contribution in [0.1, 0.15) is 37.8 Å². The predicted octanol–water partition coefficient (Wildman–Crippen LogP) is 4.10. The molecule has 3 aromatic rings. The summed E-state index contributed by atoms with van der Waals surface area (Å²) in [7, 11) is -2.53. The van der Waals surface area contributed by atoms with Crippen molar-refractivity contribution < 1.29 is 18.0 Å². The highest BCUT2D eigenvalue weighted by Gasteiger charge is 2.32. The van der Waals surface area contributed by atoms with E-state index < -0.39 is 22.0 Å². The Balaban J connectivity index is 1.88. The van der Waals surface area contributed by atoms with Crippen molar-refractivity contribution in [2.24, 2.45) is 0 Å². The molecule has 8 heteroatoms. The molecule has 3 rings (SSSR count). The fourth-order valence-corrected chi connectivity index (χ4v) is 5.29. The number of nitrogens with one attached hydrogen (secondary N) is 1. The third-order valence-corrected chi connectivity index (χ3v) is 8.12. The van der Waals surface area contributed by atoms with Crippen LogP contribution in [0.5, 0.6) is 0 Å². The summed E-state index contributed by atoms with van der Waals surface area (Å²) in [4.78, 5) is 28.1. The summed E-state index contributed by atoms with van der Waals surface area (Å²) in [6.07, 6.45) is 1.19. The van der Waals surface area contributed by atoms with Gasteiger partial charge in [0.1, 0.15) is 6.04 Å². The zero-order valence-electron chi connectivity index (χ0n) is 21.4. The standard InChI is InChI=1S/C28H35N3O4S/c1-5-17-29-28(33)26(6-2)31(19-24-14-8-7-11-21(24)3)27(32)20-30(4)36(34,35)25-16-15-22-12-9-10-13-23(22)18-25/h7-16,18,26H,5-6,17,19-20H2,1-4H3,(H,29,33)/t26-/m0/s1. The lowest BCUT2D eigenvalue weighted by Crippen LogP contribution is -2.51. The Labute approximate surface area is 214 Å². The molecule has 0 unspecified atom stereocenters. The Morgan fingerprint density at radius 2 is 1.61 bits per heavy atom. The third kappa shape index (κ3) is 6.30. The van der Waals surface area contributed by atoms with Crippen LogP contribution < -0.4 is 5.32 Å². The van der Waals surface area contributed by atoms with Crippen molar-refractivity contribution in [1.82, 2.24) is 14.5 Å². The summed E-state index contributed by atoms with van der Waals surface area (Å²) in [5.74, 6) is -0.662. The van der Waals surface area contributed by atoms with Crippen LogP contribution in [-0.2, 0) is 26.2 Å². The SMILES string of the molecule is CCCNC(=O)[C@H](CC)N(Cc1ccccc1C)C(=O)CN(C)S(=O)(=O)c1ccc2ccccc2c1. The molecule has 1 atom stereocenters. The van der Waals surface area contributed by atoms with Gasteiger partial charge in [0.05, 0.1) is 11.4 Å². The maximum Gasteiger partial charge on any atom is 0.243 e. The van der Waals surface area contributed by atoms with E-state index in [-0.39, 0.29) is 23.9 Å². The first kappa shape index (κ1) is 27.4. The second-order valence-corrected chi connectivity index (χ2v) is 11.0. The van der Waals surface area contributed by atoms with Gasteiger partial charge in [-0.15, -0.1) is 0 Å². The quantitative estimate of drug-likeness (QED) is 0.422. The molecule has 0 heterocycles. The molecule has 0 aromatic heterocycles. The van der Waals surface area contributed by atoms with Gasteiger partial charge in [-0.1, -0.05) is 68.4 Å². The first-order valence-electron chi connectivity index (χ1n) is 12.3. The molecule has 0 fully saturated rings.